The molecular weight excluding hydrogens is 352 g/mol. The number of halogens is 1. The number of carbonyl (C=O) groups excluding carboxylic acids is 2. The van der Waals surface area contributed by atoms with Crippen LogP contribution in [0, 0.1) is 0 Å². The SMILES string of the molecule is CCC1NC(=O)C(CC)(CC)N(Cc2sccc2Br)C1=O. The van der Waals surface area contributed by atoms with Crippen molar-refractivity contribution in [1.29, 1.82) is 0 Å². The molecule has 2 rings (SSSR count). The van der Waals surface area contributed by atoms with Gasteiger partial charge in [-0.3, -0.25) is 9.59 Å². The van der Waals surface area contributed by atoms with Gasteiger partial charge in [-0.1, -0.05) is 20.8 Å². The van der Waals surface area contributed by atoms with Crippen molar-refractivity contribution in [1.82, 2.24) is 10.2 Å². The molecule has 0 aliphatic carbocycles. The molecule has 21 heavy (non-hydrogen) atoms. The Bertz CT molecular complexity index is 540. The van der Waals surface area contributed by atoms with Gasteiger partial charge in [-0.05, 0) is 46.6 Å². The minimum atomic E-state index is -0.730. The summed E-state index contributed by atoms with van der Waals surface area (Å²) in [5, 5.41) is 4.89. The molecule has 1 aliphatic rings. The van der Waals surface area contributed by atoms with Crippen molar-refractivity contribution in [3.8, 4) is 0 Å². The van der Waals surface area contributed by atoms with E-state index in [1.807, 2.05) is 32.2 Å². The van der Waals surface area contributed by atoms with E-state index in [0.717, 1.165) is 9.35 Å². The van der Waals surface area contributed by atoms with Gasteiger partial charge in [0.2, 0.25) is 11.8 Å². The number of rotatable bonds is 5. The number of nitrogens with zero attached hydrogens (tertiary/aromatic N) is 1. The quantitative estimate of drug-likeness (QED) is 0.861. The Hall–Kier alpha value is -0.880. The van der Waals surface area contributed by atoms with Gasteiger partial charge < -0.3 is 10.2 Å². The molecule has 4 nitrogen and oxygen atoms in total. The Balaban J connectivity index is 2.40. The Labute approximate surface area is 138 Å². The van der Waals surface area contributed by atoms with Crippen molar-refractivity contribution >= 4 is 39.1 Å². The first kappa shape index (κ1) is 16.5. The second-order valence-electron chi connectivity index (χ2n) is 5.29. The number of hydrogen-bond acceptors (Lipinski definition) is 3. The van der Waals surface area contributed by atoms with Crippen molar-refractivity contribution in [2.24, 2.45) is 0 Å². The molecule has 2 heterocycles. The lowest BCUT2D eigenvalue weighted by Gasteiger charge is -2.47. The van der Waals surface area contributed by atoms with E-state index in [2.05, 4.69) is 21.2 Å². The van der Waals surface area contributed by atoms with Crippen molar-refractivity contribution in [3.63, 3.8) is 0 Å². The van der Waals surface area contributed by atoms with Crippen LogP contribution in [0.5, 0.6) is 0 Å². The number of piperazine rings is 1. The number of hydrogen-bond donors (Lipinski definition) is 1. The van der Waals surface area contributed by atoms with E-state index in [1.54, 1.807) is 16.2 Å². The number of nitrogens with one attached hydrogen (secondary N) is 1. The van der Waals surface area contributed by atoms with Crippen LogP contribution in [0.2, 0.25) is 0 Å². The largest absolute Gasteiger partial charge is 0.342 e. The Kier molecular flexibility index (Phi) is 5.09. The van der Waals surface area contributed by atoms with Crippen LogP contribution < -0.4 is 5.32 Å². The van der Waals surface area contributed by atoms with Gasteiger partial charge in [-0.2, -0.15) is 0 Å². The van der Waals surface area contributed by atoms with Crippen LogP contribution in [-0.2, 0) is 16.1 Å². The van der Waals surface area contributed by atoms with Gasteiger partial charge in [0.15, 0.2) is 0 Å². The smallest absolute Gasteiger partial charge is 0.246 e. The summed E-state index contributed by atoms with van der Waals surface area (Å²) in [5.41, 5.74) is -0.730. The number of amides is 2. The van der Waals surface area contributed by atoms with Crippen molar-refractivity contribution in [3.05, 3.63) is 20.8 Å². The standard InChI is InChI=1S/C15H21BrN2O2S/c1-4-11-13(19)18(9-12-10(16)7-8-21-12)15(5-2,6-3)14(20)17-11/h7-8,11H,4-6,9H2,1-3H3,(H,17,20). The van der Waals surface area contributed by atoms with E-state index >= 15 is 0 Å². The molecule has 2 amide bonds. The first-order chi connectivity index (χ1) is 10.00. The van der Waals surface area contributed by atoms with E-state index in [9.17, 15) is 9.59 Å². The Morgan fingerprint density at radius 2 is 2.00 bits per heavy atom. The first-order valence-corrected chi connectivity index (χ1v) is 9.01. The average molecular weight is 373 g/mol. The summed E-state index contributed by atoms with van der Waals surface area (Å²) in [7, 11) is 0. The normalized spacial score (nSPS) is 21.5. The zero-order valence-electron chi connectivity index (χ0n) is 12.6. The summed E-state index contributed by atoms with van der Waals surface area (Å²) < 4.78 is 1.00. The van der Waals surface area contributed by atoms with E-state index in [4.69, 9.17) is 0 Å². The molecule has 1 saturated heterocycles. The van der Waals surface area contributed by atoms with E-state index in [0.29, 0.717) is 25.8 Å². The molecule has 116 valence electrons. The fourth-order valence-electron chi connectivity index (χ4n) is 2.92. The third-order valence-electron chi connectivity index (χ3n) is 4.38. The van der Waals surface area contributed by atoms with Gasteiger partial charge in [-0.15, -0.1) is 11.3 Å². The molecule has 1 aromatic heterocycles. The highest BCUT2D eigenvalue weighted by Gasteiger charge is 2.49. The molecule has 1 atom stereocenters. The Morgan fingerprint density at radius 3 is 2.48 bits per heavy atom. The summed E-state index contributed by atoms with van der Waals surface area (Å²) in [6, 6.07) is 1.58. The van der Waals surface area contributed by atoms with Crippen LogP contribution in [0.15, 0.2) is 15.9 Å². The second-order valence-corrected chi connectivity index (χ2v) is 7.14. The molecule has 1 N–H and O–H groups in total. The van der Waals surface area contributed by atoms with Crippen molar-refractivity contribution in [2.45, 2.75) is 58.2 Å². The molecule has 0 saturated carbocycles. The predicted molar refractivity (Wildman–Crippen MR) is 88.1 cm³/mol. The molecule has 6 heteroatoms. The monoisotopic (exact) mass is 372 g/mol. The van der Waals surface area contributed by atoms with Gasteiger partial charge in [-0.25, -0.2) is 0 Å². The minimum absolute atomic E-state index is 0.0216. The van der Waals surface area contributed by atoms with Crippen molar-refractivity contribution in [2.75, 3.05) is 0 Å². The molecule has 0 radical (unpaired) electrons. The molecule has 0 aromatic carbocycles. The summed E-state index contributed by atoms with van der Waals surface area (Å²) in [4.78, 5) is 28.2. The predicted octanol–water partition coefficient (Wildman–Crippen LogP) is 3.31. The molecule has 1 aliphatic heterocycles. The summed E-state index contributed by atoms with van der Waals surface area (Å²) >= 11 is 5.12. The molecule has 0 bridgehead atoms. The average Bonchev–Trinajstić information content (AvgIpc) is 2.89. The third-order valence-corrected chi connectivity index (χ3v) is 6.29. The fraction of sp³-hybridized carbons (Fsp3) is 0.600. The number of carbonyl (C=O) groups is 2. The molecule has 1 unspecified atom stereocenters. The van der Waals surface area contributed by atoms with Crippen LogP contribution in [0.3, 0.4) is 0 Å². The van der Waals surface area contributed by atoms with Gasteiger partial charge in [0, 0.05) is 9.35 Å². The van der Waals surface area contributed by atoms with Crippen LogP contribution in [0.4, 0.5) is 0 Å². The molecule has 1 fully saturated rings. The van der Waals surface area contributed by atoms with Crippen LogP contribution in [-0.4, -0.2) is 28.3 Å². The van der Waals surface area contributed by atoms with Crippen LogP contribution in [0.25, 0.3) is 0 Å². The molecule has 0 spiro atoms. The van der Waals surface area contributed by atoms with Gasteiger partial charge in [0.1, 0.15) is 11.6 Å². The molecular formula is C15H21BrN2O2S. The van der Waals surface area contributed by atoms with E-state index in [-0.39, 0.29) is 11.8 Å². The van der Waals surface area contributed by atoms with Gasteiger partial charge in [0.25, 0.3) is 0 Å². The summed E-state index contributed by atoms with van der Waals surface area (Å²) in [6.45, 7) is 6.36. The zero-order valence-corrected chi connectivity index (χ0v) is 15.0. The van der Waals surface area contributed by atoms with Crippen LogP contribution in [0.1, 0.15) is 44.9 Å². The maximum atomic E-state index is 12.8. The number of thiophene rings is 1. The third kappa shape index (κ3) is 2.75. The summed E-state index contributed by atoms with van der Waals surface area (Å²) in [6.07, 6.45) is 1.87. The van der Waals surface area contributed by atoms with E-state index < -0.39 is 11.6 Å². The minimum Gasteiger partial charge on any atom is -0.342 e. The zero-order chi connectivity index (χ0) is 15.6. The Morgan fingerprint density at radius 1 is 1.33 bits per heavy atom. The topological polar surface area (TPSA) is 49.4 Å². The van der Waals surface area contributed by atoms with Crippen LogP contribution >= 0.6 is 27.3 Å². The summed E-state index contributed by atoms with van der Waals surface area (Å²) in [5.74, 6) is 0.00716. The van der Waals surface area contributed by atoms with Gasteiger partial charge in [0.05, 0.1) is 6.54 Å². The molecule has 1 aromatic rings. The highest BCUT2D eigenvalue weighted by Crippen LogP contribution is 2.34. The lowest BCUT2D eigenvalue weighted by Crippen LogP contribution is -2.69. The lowest BCUT2D eigenvalue weighted by atomic mass is 9.85. The fourth-order valence-corrected chi connectivity index (χ4v) is 4.38. The first-order valence-electron chi connectivity index (χ1n) is 7.34. The lowest BCUT2D eigenvalue weighted by molar-refractivity contribution is -0.159. The highest BCUT2D eigenvalue weighted by molar-refractivity contribution is 9.10. The van der Waals surface area contributed by atoms with Gasteiger partial charge >= 0.3 is 0 Å². The maximum Gasteiger partial charge on any atom is 0.246 e. The van der Waals surface area contributed by atoms with E-state index in [1.165, 1.54) is 0 Å². The van der Waals surface area contributed by atoms with Crippen molar-refractivity contribution < 1.29 is 9.59 Å². The highest BCUT2D eigenvalue weighted by atomic mass is 79.9. The second kappa shape index (κ2) is 6.48. The maximum absolute atomic E-state index is 12.8.